The van der Waals surface area contributed by atoms with Crippen LogP contribution in [0.1, 0.15) is 0 Å². The predicted molar refractivity (Wildman–Crippen MR) is 91.2 cm³/mol. The highest BCUT2D eigenvalue weighted by Gasteiger charge is 2.13. The van der Waals surface area contributed by atoms with Gasteiger partial charge in [-0.3, -0.25) is 14.3 Å². The highest BCUT2D eigenvalue weighted by Crippen LogP contribution is 2.30. The molecule has 0 unspecified atom stereocenters. The van der Waals surface area contributed by atoms with Crippen molar-refractivity contribution in [2.24, 2.45) is 0 Å². The first-order valence-electron chi connectivity index (χ1n) is 7.35. The van der Waals surface area contributed by atoms with Gasteiger partial charge in [-0.1, -0.05) is 18.2 Å². The molecule has 7 nitrogen and oxygen atoms in total. The molecule has 0 aliphatic heterocycles. The summed E-state index contributed by atoms with van der Waals surface area (Å²) in [5, 5.41) is 2.02. The van der Waals surface area contributed by atoms with Gasteiger partial charge in [0.25, 0.3) is 5.56 Å². The molecule has 0 radical (unpaired) electrons. The largest absolute Gasteiger partial charge is 0.456 e. The van der Waals surface area contributed by atoms with E-state index in [1.54, 1.807) is 10.9 Å². The molecule has 3 N–H and O–H groups in total. The summed E-state index contributed by atoms with van der Waals surface area (Å²) >= 11 is 0. The van der Waals surface area contributed by atoms with E-state index in [4.69, 9.17) is 10.2 Å². The Morgan fingerprint density at radius 2 is 1.92 bits per heavy atom. The first-order chi connectivity index (χ1) is 11.7. The standard InChI is InChI=1S/C17H11N5O2/c18-17-20-15-14(16(23)21-17)19-8-22(15)9-5-6-13-11(7-9)10-3-1-2-4-12(10)24-13/h1-8H,(H3,18,20,21,23). The molecule has 7 heteroatoms. The molecule has 0 fully saturated rings. The Bertz CT molecular complexity index is 1300. The van der Waals surface area contributed by atoms with Gasteiger partial charge in [0, 0.05) is 16.5 Å². The molecule has 116 valence electrons. The van der Waals surface area contributed by atoms with Gasteiger partial charge in [0.2, 0.25) is 5.95 Å². The van der Waals surface area contributed by atoms with Crippen molar-refractivity contribution in [1.29, 1.82) is 0 Å². The zero-order valence-corrected chi connectivity index (χ0v) is 12.4. The Hall–Kier alpha value is -3.61. The number of fused-ring (bicyclic) bond motifs is 4. The Balaban J connectivity index is 1.83. The zero-order chi connectivity index (χ0) is 16.3. The van der Waals surface area contributed by atoms with Gasteiger partial charge in [-0.25, -0.2) is 4.98 Å². The Morgan fingerprint density at radius 3 is 2.83 bits per heavy atom. The van der Waals surface area contributed by atoms with Gasteiger partial charge >= 0.3 is 0 Å². The van der Waals surface area contributed by atoms with E-state index >= 15 is 0 Å². The normalized spacial score (nSPS) is 11.7. The van der Waals surface area contributed by atoms with Crippen LogP contribution in [0.2, 0.25) is 0 Å². The number of nitrogen functional groups attached to an aromatic ring is 1. The van der Waals surface area contributed by atoms with Crippen LogP contribution < -0.4 is 11.3 Å². The van der Waals surface area contributed by atoms with Crippen LogP contribution in [0.5, 0.6) is 0 Å². The van der Waals surface area contributed by atoms with Crippen LogP contribution in [0.4, 0.5) is 5.95 Å². The molecular weight excluding hydrogens is 306 g/mol. The fourth-order valence-corrected chi connectivity index (χ4v) is 2.98. The number of rotatable bonds is 1. The van der Waals surface area contributed by atoms with Crippen LogP contribution in [0.3, 0.4) is 0 Å². The van der Waals surface area contributed by atoms with Gasteiger partial charge in [0.05, 0.1) is 0 Å². The molecule has 24 heavy (non-hydrogen) atoms. The van der Waals surface area contributed by atoms with Crippen molar-refractivity contribution in [1.82, 2.24) is 19.5 Å². The first-order valence-corrected chi connectivity index (χ1v) is 7.35. The van der Waals surface area contributed by atoms with Crippen molar-refractivity contribution in [2.75, 3.05) is 5.73 Å². The molecule has 0 amide bonds. The second-order valence-electron chi connectivity index (χ2n) is 5.52. The number of aromatic amines is 1. The van der Waals surface area contributed by atoms with E-state index in [1.807, 2.05) is 42.5 Å². The van der Waals surface area contributed by atoms with Gasteiger partial charge in [-0.15, -0.1) is 0 Å². The molecule has 0 saturated heterocycles. The first kappa shape index (κ1) is 12.9. The summed E-state index contributed by atoms with van der Waals surface area (Å²) in [5.41, 5.74) is 8.43. The lowest BCUT2D eigenvalue weighted by Gasteiger charge is -2.04. The average Bonchev–Trinajstić information content (AvgIpc) is 3.15. The Kier molecular flexibility index (Phi) is 2.39. The third-order valence-electron chi connectivity index (χ3n) is 4.06. The fraction of sp³-hybridized carbons (Fsp3) is 0. The quantitative estimate of drug-likeness (QED) is 0.494. The number of nitrogens with two attached hydrogens (primary N) is 1. The maximum atomic E-state index is 11.9. The average molecular weight is 317 g/mol. The van der Waals surface area contributed by atoms with Crippen molar-refractivity contribution in [3.63, 3.8) is 0 Å². The minimum absolute atomic E-state index is 0.0593. The highest BCUT2D eigenvalue weighted by atomic mass is 16.3. The van der Waals surface area contributed by atoms with E-state index in [0.29, 0.717) is 5.65 Å². The molecule has 5 rings (SSSR count). The van der Waals surface area contributed by atoms with Crippen molar-refractivity contribution >= 4 is 39.1 Å². The van der Waals surface area contributed by atoms with E-state index in [9.17, 15) is 4.79 Å². The van der Waals surface area contributed by atoms with Gasteiger partial charge in [-0.2, -0.15) is 4.98 Å². The van der Waals surface area contributed by atoms with Crippen molar-refractivity contribution in [2.45, 2.75) is 0 Å². The SMILES string of the molecule is Nc1nc2c(ncn2-c2ccc3oc4ccccc4c3c2)c(=O)[nH]1. The second kappa shape index (κ2) is 4.45. The van der Waals surface area contributed by atoms with Crippen molar-refractivity contribution < 1.29 is 4.42 Å². The summed E-state index contributed by atoms with van der Waals surface area (Å²) in [6, 6.07) is 13.6. The lowest BCUT2D eigenvalue weighted by Crippen LogP contribution is -2.11. The van der Waals surface area contributed by atoms with Crippen molar-refractivity contribution in [3.8, 4) is 5.69 Å². The molecule has 0 aliphatic rings. The highest BCUT2D eigenvalue weighted by molar-refractivity contribution is 6.05. The monoisotopic (exact) mass is 317 g/mol. The predicted octanol–water partition coefficient (Wildman–Crippen LogP) is 2.59. The number of anilines is 1. The summed E-state index contributed by atoms with van der Waals surface area (Å²) in [4.78, 5) is 22.7. The zero-order valence-electron chi connectivity index (χ0n) is 12.4. The van der Waals surface area contributed by atoms with Gasteiger partial charge in [-0.05, 0) is 24.3 Å². The molecule has 0 bridgehead atoms. The maximum Gasteiger partial charge on any atom is 0.280 e. The van der Waals surface area contributed by atoms with E-state index in [0.717, 1.165) is 27.6 Å². The minimum Gasteiger partial charge on any atom is -0.456 e. The summed E-state index contributed by atoms with van der Waals surface area (Å²) in [5.74, 6) is 0.0593. The topological polar surface area (TPSA) is 103 Å². The second-order valence-corrected chi connectivity index (χ2v) is 5.52. The molecule has 0 saturated carbocycles. The van der Waals surface area contributed by atoms with Gasteiger partial charge in [0.1, 0.15) is 17.5 Å². The molecule has 0 aliphatic carbocycles. The van der Waals surface area contributed by atoms with Crippen LogP contribution in [-0.2, 0) is 0 Å². The number of nitrogens with zero attached hydrogens (tertiary/aromatic N) is 3. The van der Waals surface area contributed by atoms with E-state index in [-0.39, 0.29) is 17.0 Å². The van der Waals surface area contributed by atoms with Gasteiger partial charge < -0.3 is 10.2 Å². The number of hydrogen-bond donors (Lipinski definition) is 2. The number of H-pyrrole nitrogens is 1. The molecule has 5 aromatic rings. The van der Waals surface area contributed by atoms with Crippen LogP contribution in [0.25, 0.3) is 38.8 Å². The smallest absolute Gasteiger partial charge is 0.280 e. The van der Waals surface area contributed by atoms with E-state index < -0.39 is 0 Å². The molecule has 2 aromatic carbocycles. The van der Waals surface area contributed by atoms with Crippen LogP contribution in [0, 0.1) is 0 Å². The maximum absolute atomic E-state index is 11.9. The number of imidazole rings is 1. The summed E-state index contributed by atoms with van der Waals surface area (Å²) in [6.07, 6.45) is 1.57. The molecule has 3 heterocycles. The van der Waals surface area contributed by atoms with E-state index in [1.165, 1.54) is 0 Å². The Labute approximate surface area is 134 Å². The number of benzene rings is 2. The third kappa shape index (κ3) is 1.69. The minimum atomic E-state index is -0.355. The molecule has 3 aromatic heterocycles. The fourth-order valence-electron chi connectivity index (χ4n) is 2.98. The molecule has 0 atom stereocenters. The molecular formula is C17H11N5O2. The van der Waals surface area contributed by atoms with Gasteiger partial charge in [0.15, 0.2) is 11.2 Å². The number of furan rings is 1. The Morgan fingerprint density at radius 1 is 1.08 bits per heavy atom. The summed E-state index contributed by atoms with van der Waals surface area (Å²) in [6.45, 7) is 0. The lowest BCUT2D eigenvalue weighted by atomic mass is 10.1. The van der Waals surface area contributed by atoms with Crippen LogP contribution in [-0.4, -0.2) is 19.5 Å². The van der Waals surface area contributed by atoms with Crippen LogP contribution in [0.15, 0.2) is 58.0 Å². The van der Waals surface area contributed by atoms with Crippen LogP contribution >= 0.6 is 0 Å². The molecule has 0 spiro atoms. The summed E-state index contributed by atoms with van der Waals surface area (Å²) in [7, 11) is 0. The van der Waals surface area contributed by atoms with Crippen molar-refractivity contribution in [3.05, 3.63) is 59.1 Å². The van der Waals surface area contributed by atoms with E-state index in [2.05, 4.69) is 15.0 Å². The lowest BCUT2D eigenvalue weighted by molar-refractivity contribution is 0.669. The third-order valence-corrected chi connectivity index (χ3v) is 4.06. The number of aromatic nitrogens is 4. The summed E-state index contributed by atoms with van der Waals surface area (Å²) < 4.78 is 7.57. The number of hydrogen-bond acceptors (Lipinski definition) is 5. The number of para-hydroxylation sites is 1. The number of nitrogens with one attached hydrogen (secondary N) is 1.